The molecule has 0 aromatic rings. The first-order chi connectivity index (χ1) is 12.2. The van der Waals surface area contributed by atoms with E-state index in [2.05, 4.69) is 6.92 Å². The molecule has 0 aromatic carbocycles. The summed E-state index contributed by atoms with van der Waals surface area (Å²) in [5, 5.41) is 17.7. The van der Waals surface area contributed by atoms with Crippen LogP contribution in [0.1, 0.15) is 129 Å². The van der Waals surface area contributed by atoms with Gasteiger partial charge in [-0.1, -0.05) is 122 Å². The quantitative estimate of drug-likeness (QED) is 0.234. The number of aliphatic hydroxyl groups excluding tert-OH is 1. The molecule has 0 aliphatic carbocycles. The van der Waals surface area contributed by atoms with Gasteiger partial charge < -0.3 is 10.2 Å². The lowest BCUT2D eigenvalue weighted by Gasteiger charge is -2.05. The highest BCUT2D eigenvalue weighted by molar-refractivity contribution is 5.71. The summed E-state index contributed by atoms with van der Waals surface area (Å²) in [5.74, 6) is -1.09. The maximum absolute atomic E-state index is 10.5. The second-order valence-electron chi connectivity index (χ2n) is 7.65. The molecule has 0 radical (unpaired) electrons. The van der Waals surface area contributed by atoms with Crippen LogP contribution in [0.2, 0.25) is 0 Å². The Labute approximate surface area is 156 Å². The molecule has 0 amide bonds. The summed E-state index contributed by atoms with van der Waals surface area (Å²) in [6.07, 6.45) is 23.1. The van der Waals surface area contributed by atoms with E-state index in [-0.39, 0.29) is 0 Å². The summed E-state index contributed by atoms with van der Waals surface area (Å²) in [7, 11) is 0. The predicted molar refractivity (Wildman–Crippen MR) is 107 cm³/mol. The minimum Gasteiger partial charge on any atom is -0.479 e. The molecular weight excluding hydrogens is 312 g/mol. The molecule has 3 nitrogen and oxygen atoms in total. The molecule has 0 aliphatic rings. The molecule has 0 aromatic heterocycles. The Kier molecular flexibility index (Phi) is 19.3. The zero-order valence-corrected chi connectivity index (χ0v) is 16.8. The van der Waals surface area contributed by atoms with Crippen molar-refractivity contribution in [3.05, 3.63) is 0 Å². The number of unbranched alkanes of at least 4 members (excludes halogenated alkanes) is 17. The number of hydrogen-bond donors (Lipinski definition) is 2. The highest BCUT2D eigenvalue weighted by Crippen LogP contribution is 2.14. The minimum atomic E-state index is -1.17. The van der Waals surface area contributed by atoms with Crippen molar-refractivity contribution in [3.63, 3.8) is 0 Å². The van der Waals surface area contributed by atoms with E-state index in [9.17, 15) is 4.79 Å². The Morgan fingerprint density at radius 3 is 1.16 bits per heavy atom. The fourth-order valence-electron chi connectivity index (χ4n) is 3.36. The van der Waals surface area contributed by atoms with Gasteiger partial charge in [-0.05, 0) is 6.42 Å². The van der Waals surface area contributed by atoms with Crippen LogP contribution < -0.4 is 0 Å². The Morgan fingerprint density at radius 2 is 0.880 bits per heavy atom. The van der Waals surface area contributed by atoms with E-state index in [1.54, 1.807) is 0 Å². The third kappa shape index (κ3) is 19.6. The molecule has 0 unspecified atom stereocenters. The van der Waals surface area contributed by atoms with Gasteiger partial charge in [0.25, 0.3) is 0 Å². The van der Waals surface area contributed by atoms with Crippen LogP contribution >= 0.6 is 0 Å². The van der Waals surface area contributed by atoms with Crippen molar-refractivity contribution in [1.82, 2.24) is 0 Å². The van der Waals surface area contributed by atoms with Gasteiger partial charge in [0.15, 0.2) is 6.10 Å². The maximum atomic E-state index is 10.5. The molecule has 1 atom stereocenters. The Bertz CT molecular complexity index is 278. The molecule has 150 valence electrons. The maximum Gasteiger partial charge on any atom is 0.332 e. The summed E-state index contributed by atoms with van der Waals surface area (Å²) in [5.41, 5.74) is 0. The van der Waals surface area contributed by atoms with Crippen LogP contribution in [-0.4, -0.2) is 22.3 Å². The highest BCUT2D eigenvalue weighted by Gasteiger charge is 2.11. The van der Waals surface area contributed by atoms with E-state index in [4.69, 9.17) is 10.2 Å². The van der Waals surface area contributed by atoms with Crippen LogP contribution in [0.5, 0.6) is 0 Å². The van der Waals surface area contributed by atoms with Crippen molar-refractivity contribution in [2.45, 2.75) is 135 Å². The van der Waals surface area contributed by atoms with Crippen molar-refractivity contribution in [2.75, 3.05) is 0 Å². The van der Waals surface area contributed by atoms with Crippen LogP contribution in [0.25, 0.3) is 0 Å². The second-order valence-corrected chi connectivity index (χ2v) is 7.65. The van der Waals surface area contributed by atoms with Crippen LogP contribution in [0.15, 0.2) is 0 Å². The summed E-state index contributed by atoms with van der Waals surface area (Å²) in [6, 6.07) is 0. The molecule has 2 N–H and O–H groups in total. The second kappa shape index (κ2) is 19.8. The molecule has 0 saturated heterocycles. The minimum absolute atomic E-state index is 0.397. The van der Waals surface area contributed by atoms with Crippen molar-refractivity contribution in [2.24, 2.45) is 0 Å². The van der Waals surface area contributed by atoms with Gasteiger partial charge in [-0.25, -0.2) is 4.79 Å². The van der Waals surface area contributed by atoms with Crippen LogP contribution in [0.3, 0.4) is 0 Å². The number of rotatable bonds is 20. The van der Waals surface area contributed by atoms with Gasteiger partial charge in [0.2, 0.25) is 0 Å². The van der Waals surface area contributed by atoms with E-state index < -0.39 is 12.1 Å². The number of carboxylic acids is 1. The first-order valence-corrected chi connectivity index (χ1v) is 11.1. The number of aliphatic hydroxyl groups is 1. The molecule has 0 heterocycles. The number of aliphatic carboxylic acids is 1. The first kappa shape index (κ1) is 24.4. The molecule has 0 spiro atoms. The third-order valence-corrected chi connectivity index (χ3v) is 5.12. The molecule has 0 fully saturated rings. The average molecular weight is 357 g/mol. The predicted octanol–water partition coefficient (Wildman–Crippen LogP) is 6.86. The Balaban J connectivity index is 3.04. The lowest BCUT2D eigenvalue weighted by Crippen LogP contribution is -2.18. The lowest BCUT2D eigenvalue weighted by atomic mass is 10.0. The van der Waals surface area contributed by atoms with Crippen molar-refractivity contribution < 1.29 is 15.0 Å². The fraction of sp³-hybridized carbons (Fsp3) is 0.955. The zero-order chi connectivity index (χ0) is 18.6. The van der Waals surface area contributed by atoms with Crippen molar-refractivity contribution in [3.8, 4) is 0 Å². The van der Waals surface area contributed by atoms with E-state index in [0.717, 1.165) is 12.8 Å². The van der Waals surface area contributed by atoms with Gasteiger partial charge in [-0.15, -0.1) is 0 Å². The largest absolute Gasteiger partial charge is 0.479 e. The highest BCUT2D eigenvalue weighted by atomic mass is 16.4. The summed E-state index contributed by atoms with van der Waals surface area (Å²) in [4.78, 5) is 10.5. The lowest BCUT2D eigenvalue weighted by molar-refractivity contribution is -0.146. The topological polar surface area (TPSA) is 57.5 Å². The fourth-order valence-corrected chi connectivity index (χ4v) is 3.36. The summed E-state index contributed by atoms with van der Waals surface area (Å²) >= 11 is 0. The van der Waals surface area contributed by atoms with Gasteiger partial charge in [0.05, 0.1) is 0 Å². The van der Waals surface area contributed by atoms with Gasteiger partial charge >= 0.3 is 5.97 Å². The van der Waals surface area contributed by atoms with E-state index in [1.807, 2.05) is 0 Å². The Morgan fingerprint density at radius 1 is 0.600 bits per heavy atom. The van der Waals surface area contributed by atoms with Crippen LogP contribution in [0.4, 0.5) is 0 Å². The van der Waals surface area contributed by atoms with Crippen molar-refractivity contribution in [1.29, 1.82) is 0 Å². The van der Waals surface area contributed by atoms with Crippen LogP contribution in [0, 0.1) is 0 Å². The van der Waals surface area contributed by atoms with Gasteiger partial charge in [0.1, 0.15) is 0 Å². The van der Waals surface area contributed by atoms with Gasteiger partial charge in [-0.2, -0.15) is 0 Å². The molecule has 0 bridgehead atoms. The normalized spacial score (nSPS) is 12.4. The number of hydrogen-bond acceptors (Lipinski definition) is 2. The molecule has 3 heteroatoms. The van der Waals surface area contributed by atoms with Gasteiger partial charge in [-0.3, -0.25) is 0 Å². The molecule has 0 rings (SSSR count). The van der Waals surface area contributed by atoms with E-state index in [1.165, 1.54) is 103 Å². The smallest absolute Gasteiger partial charge is 0.332 e. The third-order valence-electron chi connectivity index (χ3n) is 5.12. The van der Waals surface area contributed by atoms with Gasteiger partial charge in [0, 0.05) is 0 Å². The van der Waals surface area contributed by atoms with E-state index >= 15 is 0 Å². The van der Waals surface area contributed by atoms with Crippen molar-refractivity contribution >= 4 is 5.97 Å². The first-order valence-electron chi connectivity index (χ1n) is 11.1. The zero-order valence-electron chi connectivity index (χ0n) is 16.8. The molecule has 0 saturated carbocycles. The Hall–Kier alpha value is -0.570. The molecular formula is C22H44O3. The average Bonchev–Trinajstić information content (AvgIpc) is 2.60. The standard InChI is InChI=1S/C22H44O3/c1-2-3-4-5-6-7-8-9-10-11-12-13-14-15-16-17-18-19-20-21(23)22(24)25/h21,23H,2-20H2,1H3,(H,24,25)/t21-/m1/s1. The summed E-state index contributed by atoms with van der Waals surface area (Å²) in [6.45, 7) is 2.28. The number of carboxylic acid groups (broad SMARTS) is 1. The SMILES string of the molecule is CCCCCCCCCCCCCCCCCCCC[C@@H](O)C(=O)O. The van der Waals surface area contributed by atoms with E-state index in [0.29, 0.717) is 6.42 Å². The summed E-state index contributed by atoms with van der Waals surface area (Å²) < 4.78 is 0. The monoisotopic (exact) mass is 356 g/mol. The molecule has 25 heavy (non-hydrogen) atoms. The number of carbonyl (C=O) groups is 1. The van der Waals surface area contributed by atoms with Crippen LogP contribution in [-0.2, 0) is 4.79 Å². The molecule has 0 aliphatic heterocycles.